The van der Waals surface area contributed by atoms with Crippen LogP contribution in [0.2, 0.25) is 5.02 Å². The van der Waals surface area contributed by atoms with Gasteiger partial charge in [0, 0.05) is 86.3 Å². The summed E-state index contributed by atoms with van der Waals surface area (Å²) in [7, 11) is 0. The maximum absolute atomic E-state index is 13.4. The maximum Gasteiger partial charge on any atom is 0.328 e. The number of rotatable bonds is 9. The van der Waals surface area contributed by atoms with Crippen LogP contribution in [0.5, 0.6) is 5.75 Å². The molecule has 4 aliphatic rings. The van der Waals surface area contributed by atoms with Crippen molar-refractivity contribution in [3.05, 3.63) is 71.5 Å². The number of carbonyl (C=O) groups excluding carboxylic acids is 3. The Bertz CT molecular complexity index is 2200. The molecule has 4 fully saturated rings. The van der Waals surface area contributed by atoms with Crippen molar-refractivity contribution < 1.29 is 19.1 Å². The third-order valence-electron chi connectivity index (χ3n) is 12.7. The van der Waals surface area contributed by atoms with E-state index in [1.165, 1.54) is 0 Å². The second-order valence-corrected chi connectivity index (χ2v) is 17.5. The van der Waals surface area contributed by atoms with E-state index in [2.05, 4.69) is 86.0 Å². The highest BCUT2D eigenvalue weighted by molar-refractivity contribution is 6.31. The lowest BCUT2D eigenvalue weighted by molar-refractivity contribution is -0.164. The number of hydrogen-bond acceptors (Lipinski definition) is 10. The summed E-state index contributed by atoms with van der Waals surface area (Å²) in [4.78, 5) is 57.8. The Kier molecular flexibility index (Phi) is 10.3. The van der Waals surface area contributed by atoms with Crippen LogP contribution < -0.4 is 25.2 Å². The van der Waals surface area contributed by atoms with Gasteiger partial charge in [0.25, 0.3) is 5.91 Å². The first-order valence-corrected chi connectivity index (χ1v) is 20.2. The van der Waals surface area contributed by atoms with Gasteiger partial charge in [-0.3, -0.25) is 24.8 Å². The van der Waals surface area contributed by atoms with Crippen molar-refractivity contribution in [3.8, 4) is 11.8 Å². The van der Waals surface area contributed by atoms with Crippen LogP contribution in [-0.4, -0.2) is 93.7 Å². The van der Waals surface area contributed by atoms with Crippen LogP contribution >= 0.6 is 11.6 Å². The molecule has 0 unspecified atom stereocenters. The number of ether oxygens (including phenoxy) is 1. The average Bonchev–Trinajstić information content (AvgIpc) is 3.64. The summed E-state index contributed by atoms with van der Waals surface area (Å²) in [6.07, 6.45) is 13.3. The summed E-state index contributed by atoms with van der Waals surface area (Å²) in [6, 6.07) is 8.98. The van der Waals surface area contributed by atoms with Crippen LogP contribution in [0.25, 0.3) is 10.9 Å². The molecule has 4 amide bonds. The normalized spacial score (nSPS) is 22.8. The predicted molar refractivity (Wildman–Crippen MR) is 216 cm³/mol. The van der Waals surface area contributed by atoms with Crippen LogP contribution in [-0.2, 0) is 4.79 Å². The lowest BCUT2D eigenvalue weighted by atomic mass is 9.49. The first kappa shape index (κ1) is 38.6. The number of pyridine rings is 1. The number of fused-ring (bicyclic) bond motifs is 1. The molecular weight excluding hydrogens is 744 g/mol. The summed E-state index contributed by atoms with van der Waals surface area (Å²) in [5, 5.41) is 16.1. The number of urea groups is 1. The van der Waals surface area contributed by atoms with Gasteiger partial charge in [-0.25, -0.2) is 14.8 Å². The third-order valence-corrected chi connectivity index (χ3v) is 13.0. The molecule has 15 heteroatoms. The van der Waals surface area contributed by atoms with E-state index in [0.29, 0.717) is 34.8 Å². The van der Waals surface area contributed by atoms with Gasteiger partial charge >= 0.3 is 6.03 Å². The highest BCUT2D eigenvalue weighted by Crippen LogP contribution is 2.55. The predicted octanol–water partition coefficient (Wildman–Crippen LogP) is 5.96. The Balaban J connectivity index is 0.800. The fourth-order valence-corrected chi connectivity index (χ4v) is 10.1. The molecule has 3 aromatic heterocycles. The smallest absolute Gasteiger partial charge is 0.328 e. The van der Waals surface area contributed by atoms with Gasteiger partial charge < -0.3 is 24.4 Å². The lowest BCUT2D eigenvalue weighted by Crippen LogP contribution is -2.74. The SMILES string of the molecule is CC1(C)C(NC(=O)c2cnc(N3CCC(CN4CCC(n5ccc6c(N7CCC(=O)NC7=O)cncc65)CC4)CC3)cn2)C(C)(C)C1Oc1ccc(C#N)c(Cl)c1. The Morgan fingerprint density at radius 1 is 0.982 bits per heavy atom. The summed E-state index contributed by atoms with van der Waals surface area (Å²) in [5.41, 5.74) is 1.66. The Morgan fingerprint density at radius 3 is 2.40 bits per heavy atom. The summed E-state index contributed by atoms with van der Waals surface area (Å²) in [5.74, 6) is 1.47. The van der Waals surface area contributed by atoms with Gasteiger partial charge in [0.2, 0.25) is 5.91 Å². The molecule has 3 saturated heterocycles. The highest BCUT2D eigenvalue weighted by atomic mass is 35.5. The zero-order valence-electron chi connectivity index (χ0n) is 32.9. The first-order chi connectivity index (χ1) is 27.3. The number of carbonyl (C=O) groups is 3. The van der Waals surface area contributed by atoms with Crippen LogP contribution in [0.1, 0.15) is 81.9 Å². The van der Waals surface area contributed by atoms with Gasteiger partial charge in [0.15, 0.2) is 0 Å². The fraction of sp³-hybridized carbons (Fsp3) is 0.500. The zero-order chi connectivity index (χ0) is 40.1. The molecule has 0 spiro atoms. The number of benzene rings is 1. The van der Waals surface area contributed by atoms with E-state index < -0.39 is 6.03 Å². The van der Waals surface area contributed by atoms with Gasteiger partial charge in [-0.1, -0.05) is 39.3 Å². The molecule has 1 aromatic carbocycles. The number of amides is 4. The van der Waals surface area contributed by atoms with Gasteiger partial charge in [0.05, 0.1) is 46.6 Å². The number of nitriles is 1. The molecule has 8 rings (SSSR count). The summed E-state index contributed by atoms with van der Waals surface area (Å²) >= 11 is 6.25. The molecule has 57 heavy (non-hydrogen) atoms. The van der Waals surface area contributed by atoms with Gasteiger partial charge in [0.1, 0.15) is 29.4 Å². The van der Waals surface area contributed by atoms with Crippen molar-refractivity contribution in [2.75, 3.05) is 49.1 Å². The molecule has 0 radical (unpaired) electrons. The van der Waals surface area contributed by atoms with Gasteiger partial charge in [-0.15, -0.1) is 0 Å². The summed E-state index contributed by atoms with van der Waals surface area (Å²) in [6.45, 7) is 13.6. The van der Waals surface area contributed by atoms with Crippen molar-refractivity contribution >= 4 is 51.9 Å². The van der Waals surface area contributed by atoms with E-state index in [4.69, 9.17) is 16.3 Å². The molecule has 0 atom stereocenters. The Morgan fingerprint density at radius 2 is 1.74 bits per heavy atom. The number of piperidine rings is 2. The average molecular weight is 793 g/mol. The van der Waals surface area contributed by atoms with Crippen molar-refractivity contribution in [3.63, 3.8) is 0 Å². The number of hydrogen-bond donors (Lipinski definition) is 2. The number of aromatic nitrogens is 4. The molecule has 4 aromatic rings. The standard InChI is InChI=1S/C42H49ClN10O4/c1-41(2)38(42(3,4)39(41)57-29-6-5-27(20-44)31(43)19-29)49-37(55)32-21-47-35(24-46-32)51-15-7-26(8-16-51)25-50-13-9-28(10-14-50)52-17-11-30-33(52)22-45-23-34(30)53-18-12-36(54)48-40(53)56/h5-6,11,17,19,21-24,26,28,38-39H,7-10,12-16,18,25H2,1-4H3,(H,49,55)(H,48,54,56). The number of nitrogens with zero attached hydrogens (tertiary/aromatic N) is 8. The van der Waals surface area contributed by atoms with Crippen molar-refractivity contribution in [2.24, 2.45) is 16.7 Å². The molecule has 2 N–H and O–H groups in total. The molecule has 0 bridgehead atoms. The zero-order valence-corrected chi connectivity index (χ0v) is 33.6. The van der Waals surface area contributed by atoms with Crippen molar-refractivity contribution in [2.45, 2.75) is 78.0 Å². The van der Waals surface area contributed by atoms with E-state index >= 15 is 0 Å². The number of likely N-dealkylation sites (tertiary alicyclic amines) is 1. The monoisotopic (exact) mass is 792 g/mol. The van der Waals surface area contributed by atoms with Crippen LogP contribution in [0.3, 0.4) is 0 Å². The van der Waals surface area contributed by atoms with Crippen molar-refractivity contribution in [1.29, 1.82) is 5.26 Å². The molecule has 6 heterocycles. The van der Waals surface area contributed by atoms with E-state index in [1.807, 2.05) is 6.20 Å². The minimum absolute atomic E-state index is 0.174. The van der Waals surface area contributed by atoms with E-state index in [9.17, 15) is 19.6 Å². The maximum atomic E-state index is 13.4. The molecule has 1 aliphatic carbocycles. The second kappa shape index (κ2) is 15.2. The topological polar surface area (TPSA) is 162 Å². The third kappa shape index (κ3) is 7.39. The lowest BCUT2D eigenvalue weighted by Gasteiger charge is -2.63. The van der Waals surface area contributed by atoms with Crippen LogP contribution in [0.4, 0.5) is 16.3 Å². The Labute approximate surface area is 337 Å². The first-order valence-electron chi connectivity index (χ1n) is 19.9. The van der Waals surface area contributed by atoms with E-state index in [-0.39, 0.29) is 46.9 Å². The summed E-state index contributed by atoms with van der Waals surface area (Å²) < 4.78 is 8.67. The number of anilines is 2. The molecule has 298 valence electrons. The molecule has 14 nitrogen and oxygen atoms in total. The van der Waals surface area contributed by atoms with Crippen LogP contribution in [0.15, 0.2) is 55.2 Å². The second-order valence-electron chi connectivity index (χ2n) is 17.1. The minimum Gasteiger partial charge on any atom is -0.489 e. The van der Waals surface area contributed by atoms with Gasteiger partial charge in [-0.05, 0) is 49.8 Å². The number of imide groups is 1. The van der Waals surface area contributed by atoms with E-state index in [1.54, 1.807) is 41.7 Å². The molecule has 3 aliphatic heterocycles. The van der Waals surface area contributed by atoms with Crippen molar-refractivity contribution in [1.82, 2.24) is 35.1 Å². The minimum atomic E-state index is -0.396. The number of halogens is 1. The van der Waals surface area contributed by atoms with E-state index in [0.717, 1.165) is 80.8 Å². The quantitative estimate of drug-likeness (QED) is 0.207. The number of nitrogens with one attached hydrogen (secondary N) is 2. The Hall–Kier alpha value is -5.26. The molecule has 1 saturated carbocycles. The van der Waals surface area contributed by atoms with Crippen LogP contribution in [0, 0.1) is 28.1 Å². The fourth-order valence-electron chi connectivity index (χ4n) is 9.88. The van der Waals surface area contributed by atoms with Gasteiger partial charge in [-0.2, -0.15) is 5.26 Å². The molecular formula is C42H49ClN10O4. The largest absolute Gasteiger partial charge is 0.489 e. The highest BCUT2D eigenvalue weighted by Gasteiger charge is 2.64.